The molecule has 0 bridgehead atoms. The fourth-order valence-electron chi connectivity index (χ4n) is 2.47. The maximum absolute atomic E-state index is 5.99. The van der Waals surface area contributed by atoms with E-state index in [4.69, 9.17) is 9.47 Å². The number of nitrogens with zero attached hydrogens (tertiary/aromatic N) is 1. The van der Waals surface area contributed by atoms with Crippen LogP contribution in [0.5, 0.6) is 0 Å². The number of rotatable bonds is 5. The molecule has 0 amide bonds. The van der Waals surface area contributed by atoms with Crippen molar-refractivity contribution in [3.63, 3.8) is 0 Å². The lowest BCUT2D eigenvalue weighted by molar-refractivity contribution is -0.0126. The lowest BCUT2D eigenvalue weighted by Gasteiger charge is -2.26. The third kappa shape index (κ3) is 4.16. The summed E-state index contributed by atoms with van der Waals surface area (Å²) in [4.78, 5) is 2.32. The molecule has 1 aromatic carbocycles. The summed E-state index contributed by atoms with van der Waals surface area (Å²) in [5.74, 6) is 0.360. The Morgan fingerprint density at radius 2 is 2.21 bits per heavy atom. The SMILES string of the molecule is C=CCOCC1OCCN(C)CC1c1ccccc1. The minimum Gasteiger partial charge on any atom is -0.375 e. The van der Waals surface area contributed by atoms with Gasteiger partial charge in [-0.1, -0.05) is 36.4 Å². The summed E-state index contributed by atoms with van der Waals surface area (Å²) < 4.78 is 11.6. The number of hydrogen-bond donors (Lipinski definition) is 0. The zero-order valence-corrected chi connectivity index (χ0v) is 11.6. The summed E-state index contributed by atoms with van der Waals surface area (Å²) in [6.07, 6.45) is 1.90. The van der Waals surface area contributed by atoms with E-state index in [1.807, 2.05) is 6.07 Å². The highest BCUT2D eigenvalue weighted by Crippen LogP contribution is 2.25. The van der Waals surface area contributed by atoms with Crippen LogP contribution in [-0.4, -0.2) is 51.0 Å². The summed E-state index contributed by atoms with van der Waals surface area (Å²) in [7, 11) is 2.15. The normalized spacial score (nSPS) is 24.9. The average molecular weight is 261 g/mol. The number of likely N-dealkylation sites (N-methyl/N-ethyl adjacent to an activating group) is 1. The number of benzene rings is 1. The van der Waals surface area contributed by atoms with Crippen LogP contribution in [0.4, 0.5) is 0 Å². The van der Waals surface area contributed by atoms with E-state index in [-0.39, 0.29) is 6.10 Å². The molecule has 2 unspecified atom stereocenters. The van der Waals surface area contributed by atoms with Gasteiger partial charge >= 0.3 is 0 Å². The minimum atomic E-state index is 0.118. The second kappa shape index (κ2) is 7.43. The molecule has 1 heterocycles. The Bertz CT molecular complexity index is 380. The van der Waals surface area contributed by atoms with Gasteiger partial charge < -0.3 is 14.4 Å². The quantitative estimate of drug-likeness (QED) is 0.599. The molecule has 104 valence electrons. The van der Waals surface area contributed by atoms with E-state index in [2.05, 4.69) is 42.8 Å². The summed E-state index contributed by atoms with van der Waals surface area (Å²) in [6.45, 7) is 7.63. The van der Waals surface area contributed by atoms with E-state index >= 15 is 0 Å². The van der Waals surface area contributed by atoms with Crippen LogP contribution in [0.1, 0.15) is 11.5 Å². The van der Waals surface area contributed by atoms with Gasteiger partial charge in [0.05, 0.1) is 25.9 Å². The highest BCUT2D eigenvalue weighted by atomic mass is 16.5. The molecule has 1 aliphatic rings. The Morgan fingerprint density at radius 3 is 2.95 bits per heavy atom. The van der Waals surface area contributed by atoms with Crippen molar-refractivity contribution in [2.45, 2.75) is 12.0 Å². The fraction of sp³-hybridized carbons (Fsp3) is 0.500. The molecule has 0 N–H and O–H groups in total. The average Bonchev–Trinajstić information content (AvgIpc) is 2.62. The largest absolute Gasteiger partial charge is 0.375 e. The van der Waals surface area contributed by atoms with Crippen LogP contribution in [0.25, 0.3) is 0 Å². The highest BCUT2D eigenvalue weighted by Gasteiger charge is 2.28. The van der Waals surface area contributed by atoms with E-state index in [1.54, 1.807) is 6.08 Å². The van der Waals surface area contributed by atoms with Crippen LogP contribution in [0, 0.1) is 0 Å². The first-order valence-corrected chi connectivity index (χ1v) is 6.85. The molecule has 0 radical (unpaired) electrons. The first-order valence-electron chi connectivity index (χ1n) is 6.85. The molecule has 1 aromatic rings. The van der Waals surface area contributed by atoms with Crippen molar-refractivity contribution in [2.75, 3.05) is 40.0 Å². The zero-order valence-electron chi connectivity index (χ0n) is 11.6. The molecule has 0 aromatic heterocycles. The third-order valence-corrected chi connectivity index (χ3v) is 3.51. The van der Waals surface area contributed by atoms with Crippen molar-refractivity contribution in [3.8, 4) is 0 Å². The van der Waals surface area contributed by atoms with Crippen LogP contribution in [0.15, 0.2) is 43.0 Å². The fourth-order valence-corrected chi connectivity index (χ4v) is 2.47. The Labute approximate surface area is 115 Å². The Morgan fingerprint density at radius 1 is 1.42 bits per heavy atom. The van der Waals surface area contributed by atoms with Gasteiger partial charge in [0.25, 0.3) is 0 Å². The lowest BCUT2D eigenvalue weighted by atomic mass is 9.93. The van der Waals surface area contributed by atoms with Gasteiger partial charge in [-0.05, 0) is 12.6 Å². The molecule has 1 aliphatic heterocycles. The van der Waals surface area contributed by atoms with Crippen molar-refractivity contribution in [2.24, 2.45) is 0 Å². The molecular weight excluding hydrogens is 238 g/mol. The first kappa shape index (κ1) is 14.3. The monoisotopic (exact) mass is 261 g/mol. The van der Waals surface area contributed by atoms with Crippen molar-refractivity contribution in [3.05, 3.63) is 48.6 Å². The van der Waals surface area contributed by atoms with Crippen LogP contribution >= 0.6 is 0 Å². The minimum absolute atomic E-state index is 0.118. The van der Waals surface area contributed by atoms with Crippen molar-refractivity contribution in [1.82, 2.24) is 4.90 Å². The maximum atomic E-state index is 5.99. The Balaban J connectivity index is 2.09. The van der Waals surface area contributed by atoms with E-state index in [0.717, 1.165) is 19.7 Å². The van der Waals surface area contributed by atoms with Crippen molar-refractivity contribution in [1.29, 1.82) is 0 Å². The number of hydrogen-bond acceptors (Lipinski definition) is 3. The zero-order chi connectivity index (χ0) is 13.5. The van der Waals surface area contributed by atoms with Gasteiger partial charge in [0, 0.05) is 19.0 Å². The molecule has 0 aliphatic carbocycles. The predicted molar refractivity (Wildman–Crippen MR) is 77.4 cm³/mol. The molecule has 2 rings (SSSR count). The van der Waals surface area contributed by atoms with Gasteiger partial charge in [0.15, 0.2) is 0 Å². The molecule has 3 heteroatoms. The second-order valence-electron chi connectivity index (χ2n) is 5.01. The lowest BCUT2D eigenvalue weighted by Crippen LogP contribution is -2.31. The summed E-state index contributed by atoms with van der Waals surface area (Å²) in [5.41, 5.74) is 1.32. The van der Waals surface area contributed by atoms with Gasteiger partial charge in [-0.2, -0.15) is 0 Å². The van der Waals surface area contributed by atoms with Gasteiger partial charge in [-0.3, -0.25) is 0 Å². The van der Waals surface area contributed by atoms with Crippen molar-refractivity contribution >= 4 is 0 Å². The molecule has 2 atom stereocenters. The third-order valence-electron chi connectivity index (χ3n) is 3.51. The van der Waals surface area contributed by atoms with E-state index in [9.17, 15) is 0 Å². The van der Waals surface area contributed by atoms with Gasteiger partial charge in [-0.15, -0.1) is 6.58 Å². The van der Waals surface area contributed by atoms with Crippen LogP contribution < -0.4 is 0 Å². The summed E-state index contributed by atoms with van der Waals surface area (Å²) >= 11 is 0. The molecule has 0 saturated carbocycles. The van der Waals surface area contributed by atoms with Crippen molar-refractivity contribution < 1.29 is 9.47 Å². The van der Waals surface area contributed by atoms with Crippen LogP contribution in [0.3, 0.4) is 0 Å². The van der Waals surface area contributed by atoms with Gasteiger partial charge in [0.2, 0.25) is 0 Å². The summed E-state index contributed by atoms with van der Waals surface area (Å²) in [6, 6.07) is 10.6. The Hall–Kier alpha value is -1.16. The summed E-state index contributed by atoms with van der Waals surface area (Å²) in [5, 5.41) is 0. The smallest absolute Gasteiger partial charge is 0.0889 e. The first-order chi connectivity index (χ1) is 9.31. The molecule has 1 fully saturated rings. The molecular formula is C16H23NO2. The van der Waals surface area contributed by atoms with E-state index < -0.39 is 0 Å². The van der Waals surface area contributed by atoms with Crippen LogP contribution in [-0.2, 0) is 9.47 Å². The second-order valence-corrected chi connectivity index (χ2v) is 5.01. The topological polar surface area (TPSA) is 21.7 Å². The standard InChI is InChI=1S/C16H23NO2/c1-3-10-18-13-16-15(12-17(2)9-11-19-16)14-7-5-4-6-8-14/h3-8,15-16H,1,9-13H2,2H3. The van der Waals surface area contributed by atoms with Gasteiger partial charge in [-0.25, -0.2) is 0 Å². The molecule has 3 nitrogen and oxygen atoms in total. The van der Waals surface area contributed by atoms with E-state index in [1.165, 1.54) is 5.56 Å². The van der Waals surface area contributed by atoms with E-state index in [0.29, 0.717) is 19.1 Å². The maximum Gasteiger partial charge on any atom is 0.0889 e. The molecule has 1 saturated heterocycles. The predicted octanol–water partition coefficient (Wildman–Crippen LogP) is 2.30. The Kier molecular flexibility index (Phi) is 5.58. The highest BCUT2D eigenvalue weighted by molar-refractivity contribution is 5.21. The molecule has 19 heavy (non-hydrogen) atoms. The molecule has 0 spiro atoms. The van der Waals surface area contributed by atoms with Crippen LogP contribution in [0.2, 0.25) is 0 Å². The van der Waals surface area contributed by atoms with Gasteiger partial charge in [0.1, 0.15) is 0 Å². The number of ether oxygens (including phenoxy) is 2.